The number of rotatable bonds is 7. The maximum atomic E-state index is 13.5. The van der Waals surface area contributed by atoms with Crippen LogP contribution in [0.25, 0.3) is 0 Å². The van der Waals surface area contributed by atoms with Crippen LogP contribution in [-0.4, -0.2) is 14.3 Å². The molecule has 5 nitrogen and oxygen atoms in total. The van der Waals surface area contributed by atoms with Crippen molar-refractivity contribution in [1.82, 2.24) is 5.32 Å². The van der Waals surface area contributed by atoms with E-state index in [1.165, 1.54) is 37.3 Å². The zero-order valence-electron chi connectivity index (χ0n) is 17.4. The van der Waals surface area contributed by atoms with Crippen LogP contribution in [0.15, 0.2) is 66.7 Å². The van der Waals surface area contributed by atoms with Gasteiger partial charge >= 0.3 is 6.18 Å². The van der Waals surface area contributed by atoms with Gasteiger partial charge in [-0.05, 0) is 53.9 Å². The molecule has 3 rings (SSSR count). The van der Waals surface area contributed by atoms with Gasteiger partial charge in [0, 0.05) is 17.1 Å². The Kier molecular flexibility index (Phi) is 7.65. The second kappa shape index (κ2) is 10.3. The Morgan fingerprint density at radius 2 is 1.73 bits per heavy atom. The predicted octanol–water partition coefficient (Wildman–Crippen LogP) is 5.52. The number of anilines is 2. The molecule has 1 N–H and O–H groups in total. The molecule has 0 unspecified atom stereocenters. The molecule has 0 aliphatic carbocycles. The Balaban J connectivity index is 1.96. The summed E-state index contributed by atoms with van der Waals surface area (Å²) in [5, 5.41) is 3.19. The first-order valence-corrected chi connectivity index (χ1v) is 11.4. The van der Waals surface area contributed by atoms with Crippen molar-refractivity contribution in [1.29, 1.82) is 0 Å². The number of nitrogens with one attached hydrogen (secondary N) is 1. The van der Waals surface area contributed by atoms with Gasteiger partial charge in [0.15, 0.2) is 0 Å². The maximum absolute atomic E-state index is 13.5. The molecule has 1 amide bonds. The van der Waals surface area contributed by atoms with E-state index >= 15 is 0 Å². The fourth-order valence-corrected chi connectivity index (χ4v) is 4.31. The van der Waals surface area contributed by atoms with Gasteiger partial charge in [-0.2, -0.15) is 13.2 Å². The van der Waals surface area contributed by atoms with Crippen LogP contribution in [0.5, 0.6) is 0 Å². The third-order valence-electron chi connectivity index (χ3n) is 4.95. The molecule has 0 atom stereocenters. The van der Waals surface area contributed by atoms with Crippen molar-refractivity contribution in [2.45, 2.75) is 26.1 Å². The second-order valence-electron chi connectivity index (χ2n) is 7.03. The van der Waals surface area contributed by atoms with Gasteiger partial charge < -0.3 is 5.32 Å². The lowest BCUT2D eigenvalue weighted by atomic mass is 10.0. The molecule has 0 heterocycles. The second-order valence-corrected chi connectivity index (χ2v) is 8.31. The molecule has 0 bridgehead atoms. The fourth-order valence-electron chi connectivity index (χ4n) is 3.43. The third-order valence-corrected chi connectivity index (χ3v) is 6.09. The van der Waals surface area contributed by atoms with E-state index in [0.717, 1.165) is 16.4 Å². The number of alkyl halides is 3. The van der Waals surface area contributed by atoms with Crippen molar-refractivity contribution in [3.63, 3.8) is 0 Å². The summed E-state index contributed by atoms with van der Waals surface area (Å²) >= 11 is 6.09. The van der Waals surface area contributed by atoms with Gasteiger partial charge in [0.05, 0.1) is 16.9 Å². The van der Waals surface area contributed by atoms with Crippen molar-refractivity contribution < 1.29 is 26.4 Å². The third kappa shape index (κ3) is 5.66. The van der Waals surface area contributed by atoms with Crippen LogP contribution in [0.3, 0.4) is 0 Å². The summed E-state index contributed by atoms with van der Waals surface area (Å²) in [6.07, 6.45) is -4.68. The highest BCUT2D eigenvalue weighted by molar-refractivity contribution is 7.74. The van der Waals surface area contributed by atoms with Crippen LogP contribution in [-0.2, 0) is 30.0 Å². The Labute approximate surface area is 195 Å². The molecule has 0 aliphatic heterocycles. The lowest BCUT2D eigenvalue weighted by Gasteiger charge is -2.23. The van der Waals surface area contributed by atoms with E-state index in [0.29, 0.717) is 10.6 Å². The van der Waals surface area contributed by atoms with Gasteiger partial charge in [-0.3, -0.25) is 4.79 Å². The highest BCUT2D eigenvalue weighted by Gasteiger charge is 2.34. The number of amides is 1. The number of carbonyl (C=O) groups excluding carboxylic acids is 1. The molecule has 10 heteroatoms. The van der Waals surface area contributed by atoms with E-state index in [4.69, 9.17) is 11.6 Å². The first-order chi connectivity index (χ1) is 15.6. The molecule has 0 radical (unpaired) electrons. The van der Waals surface area contributed by atoms with Crippen LogP contribution in [0.4, 0.5) is 24.5 Å². The number of hydrogen-bond donors (Lipinski definition) is 2. The highest BCUT2D eigenvalue weighted by atomic mass is 35.5. The van der Waals surface area contributed by atoms with E-state index in [-0.39, 0.29) is 35.5 Å². The summed E-state index contributed by atoms with van der Waals surface area (Å²) in [7, 11) is -3.35. The summed E-state index contributed by atoms with van der Waals surface area (Å²) in [4.78, 5) is 12.6. The molecular formula is C23H20ClF3N2O3S. The van der Waals surface area contributed by atoms with Crippen molar-refractivity contribution in [3.05, 3.63) is 94.0 Å². The molecule has 33 heavy (non-hydrogen) atoms. The normalized spacial score (nSPS) is 11.5. The van der Waals surface area contributed by atoms with E-state index in [9.17, 15) is 26.4 Å². The largest absolute Gasteiger partial charge is 0.416 e. The van der Waals surface area contributed by atoms with E-state index in [1.807, 2.05) is 0 Å². The number of carbonyl (C=O) groups is 1. The minimum atomic E-state index is -4.64. The fraction of sp³-hybridized carbons (Fsp3) is 0.174. The average molecular weight is 497 g/mol. The first kappa shape index (κ1) is 24.6. The Bertz CT molecular complexity index is 1240. The minimum Gasteiger partial charge on any atom is -0.348 e. The van der Waals surface area contributed by atoms with Gasteiger partial charge in [-0.1, -0.05) is 48.9 Å². The summed E-state index contributed by atoms with van der Waals surface area (Å²) < 4.78 is 65.5. The predicted molar refractivity (Wildman–Crippen MR) is 122 cm³/mol. The molecule has 0 fully saturated rings. The quantitative estimate of drug-likeness (QED) is 0.423. The number of halogens is 4. The molecule has 3 aromatic rings. The molecule has 0 aliphatic rings. The van der Waals surface area contributed by atoms with Crippen molar-refractivity contribution >= 4 is 39.8 Å². The lowest BCUT2D eigenvalue weighted by Crippen LogP contribution is -2.24. The highest BCUT2D eigenvalue weighted by Crippen LogP contribution is 2.39. The van der Waals surface area contributed by atoms with Crippen molar-refractivity contribution in [3.8, 4) is 0 Å². The van der Waals surface area contributed by atoms with Crippen LogP contribution >= 0.6 is 11.6 Å². The molecule has 174 valence electrons. The molecule has 0 saturated carbocycles. The summed E-state index contributed by atoms with van der Waals surface area (Å²) in [6.45, 7) is 1.67. The topological polar surface area (TPSA) is 66.5 Å². The molecule has 3 aromatic carbocycles. The number of thiol groups is 1. The smallest absolute Gasteiger partial charge is 0.348 e. The number of nitrogens with zero attached hydrogens (tertiary/aromatic N) is 1. The van der Waals surface area contributed by atoms with Gasteiger partial charge in [-0.15, -0.1) is 0 Å². The van der Waals surface area contributed by atoms with Gasteiger partial charge in [0.2, 0.25) is 10.9 Å². The average Bonchev–Trinajstić information content (AvgIpc) is 2.77. The standard InChI is InChI=1S/C23H20ClF3N2O3S/c1-2-18-19(23(25,26)27)10-6-12-21(18)29(33(31)32)17-9-5-8-15(13-17)22(30)28-14-16-7-3-4-11-20(16)24/h3-13,33H,2,14H2,1H3,(H,28,30). The number of benzene rings is 3. The van der Waals surface area contributed by atoms with E-state index in [1.54, 1.807) is 24.3 Å². The molecule has 0 aromatic heterocycles. The SMILES string of the molecule is CCc1c(N(c2cccc(C(=O)NCc3ccccc3Cl)c2)[SH](=O)=O)cccc1C(F)(F)F. The maximum Gasteiger partial charge on any atom is 0.416 e. The van der Waals surface area contributed by atoms with Gasteiger partial charge in [0.25, 0.3) is 5.91 Å². The summed E-state index contributed by atoms with van der Waals surface area (Å²) in [5.41, 5.74) is -0.283. The minimum absolute atomic E-state index is 0.0390. The van der Waals surface area contributed by atoms with Crippen LogP contribution < -0.4 is 9.62 Å². The van der Waals surface area contributed by atoms with Gasteiger partial charge in [0.1, 0.15) is 0 Å². The zero-order valence-corrected chi connectivity index (χ0v) is 19.0. The molecule has 0 spiro atoms. The Hall–Kier alpha value is -3.04. The zero-order chi connectivity index (χ0) is 24.2. The van der Waals surface area contributed by atoms with E-state index in [2.05, 4.69) is 5.32 Å². The van der Waals surface area contributed by atoms with Crippen LogP contribution in [0, 0.1) is 0 Å². The monoisotopic (exact) mass is 496 g/mol. The van der Waals surface area contributed by atoms with Crippen molar-refractivity contribution in [2.24, 2.45) is 0 Å². The Morgan fingerprint density at radius 3 is 2.36 bits per heavy atom. The molecular weight excluding hydrogens is 477 g/mol. The van der Waals surface area contributed by atoms with Crippen LogP contribution in [0.1, 0.15) is 34.0 Å². The lowest BCUT2D eigenvalue weighted by molar-refractivity contribution is -0.138. The van der Waals surface area contributed by atoms with Crippen LogP contribution in [0.2, 0.25) is 5.02 Å². The molecule has 0 saturated heterocycles. The van der Waals surface area contributed by atoms with E-state index < -0.39 is 28.5 Å². The Morgan fingerprint density at radius 1 is 1.03 bits per heavy atom. The van der Waals surface area contributed by atoms with Gasteiger partial charge in [-0.25, -0.2) is 12.7 Å². The first-order valence-electron chi connectivity index (χ1n) is 9.88. The van der Waals surface area contributed by atoms with Crippen molar-refractivity contribution in [2.75, 3.05) is 4.31 Å². The summed E-state index contributed by atoms with van der Waals surface area (Å²) in [6, 6.07) is 16.0. The summed E-state index contributed by atoms with van der Waals surface area (Å²) in [5.74, 6) is -0.488. The number of hydrogen-bond acceptors (Lipinski definition) is 3.